The van der Waals surface area contributed by atoms with E-state index >= 15 is 0 Å². The number of carbonyl (C=O) groups excluding carboxylic acids is 1. The molecule has 0 aliphatic carbocycles. The van der Waals surface area contributed by atoms with Crippen molar-refractivity contribution in [3.8, 4) is 0 Å². The highest BCUT2D eigenvalue weighted by molar-refractivity contribution is 14.0. The molecule has 0 aromatic heterocycles. The van der Waals surface area contributed by atoms with Crippen molar-refractivity contribution in [1.29, 1.82) is 0 Å². The van der Waals surface area contributed by atoms with Gasteiger partial charge >= 0.3 is 0 Å². The highest BCUT2D eigenvalue weighted by Crippen LogP contribution is 2.10. The van der Waals surface area contributed by atoms with Crippen molar-refractivity contribution in [3.05, 3.63) is 35.4 Å². The van der Waals surface area contributed by atoms with Gasteiger partial charge < -0.3 is 20.9 Å². The Morgan fingerprint density at radius 1 is 1.22 bits per heavy atom. The fourth-order valence-electron chi connectivity index (χ4n) is 3.25. The van der Waals surface area contributed by atoms with Crippen LogP contribution < -0.4 is 16.0 Å². The first-order valence-corrected chi connectivity index (χ1v) is 9.66. The monoisotopic (exact) mass is 487 g/mol. The standard InChI is InChI=1S/C20H33N5O.HI/c1-4-12-25-13-8-18(9-14-25)24-20(21-3)23-11-10-22-19(26)17-7-5-6-16(2)15-17;/h5-7,15,18H,4,8-14H2,1-3H3,(H,22,26)(H2,21,23,24);1H. The zero-order valence-corrected chi connectivity index (χ0v) is 19.1. The minimum absolute atomic E-state index is 0. The lowest BCUT2D eigenvalue weighted by atomic mass is 10.1. The van der Waals surface area contributed by atoms with Crippen LogP contribution in [0.15, 0.2) is 29.3 Å². The number of likely N-dealkylation sites (tertiary alicyclic amines) is 1. The summed E-state index contributed by atoms with van der Waals surface area (Å²) in [5, 5.41) is 9.72. The largest absolute Gasteiger partial charge is 0.355 e. The second kappa shape index (κ2) is 12.9. The average Bonchev–Trinajstić information content (AvgIpc) is 2.65. The van der Waals surface area contributed by atoms with Gasteiger partial charge in [-0.05, 0) is 44.9 Å². The number of piperidine rings is 1. The van der Waals surface area contributed by atoms with Crippen LogP contribution in [0.1, 0.15) is 42.1 Å². The van der Waals surface area contributed by atoms with Gasteiger partial charge in [0, 0.05) is 44.8 Å². The highest BCUT2D eigenvalue weighted by atomic mass is 127. The van der Waals surface area contributed by atoms with Gasteiger partial charge in [0.05, 0.1) is 0 Å². The van der Waals surface area contributed by atoms with E-state index in [-0.39, 0.29) is 29.9 Å². The first-order chi connectivity index (χ1) is 12.6. The molecule has 1 aliphatic rings. The molecule has 0 spiro atoms. The Kier molecular flexibility index (Phi) is 11.3. The number of hydrogen-bond acceptors (Lipinski definition) is 3. The summed E-state index contributed by atoms with van der Waals surface area (Å²) >= 11 is 0. The van der Waals surface area contributed by atoms with Crippen LogP contribution in [-0.4, -0.2) is 62.6 Å². The Morgan fingerprint density at radius 2 is 1.93 bits per heavy atom. The van der Waals surface area contributed by atoms with Crippen LogP contribution in [-0.2, 0) is 0 Å². The van der Waals surface area contributed by atoms with Crippen LogP contribution in [0.4, 0.5) is 0 Å². The van der Waals surface area contributed by atoms with Crippen molar-refractivity contribution in [1.82, 2.24) is 20.9 Å². The predicted molar refractivity (Wildman–Crippen MR) is 123 cm³/mol. The number of hydrogen-bond donors (Lipinski definition) is 3. The van der Waals surface area contributed by atoms with Gasteiger partial charge in [-0.3, -0.25) is 9.79 Å². The lowest BCUT2D eigenvalue weighted by Crippen LogP contribution is -2.49. The number of guanidine groups is 1. The molecule has 1 fully saturated rings. The third-order valence-electron chi connectivity index (χ3n) is 4.68. The lowest BCUT2D eigenvalue weighted by Gasteiger charge is -2.32. The van der Waals surface area contributed by atoms with Gasteiger partial charge in [0.1, 0.15) is 0 Å². The maximum Gasteiger partial charge on any atom is 0.251 e. The van der Waals surface area contributed by atoms with Crippen molar-refractivity contribution in [2.45, 2.75) is 39.2 Å². The van der Waals surface area contributed by atoms with Gasteiger partial charge in [-0.2, -0.15) is 0 Å². The number of benzene rings is 1. The number of halogens is 1. The van der Waals surface area contributed by atoms with E-state index in [4.69, 9.17) is 0 Å². The molecule has 1 saturated heterocycles. The molecule has 1 heterocycles. The van der Waals surface area contributed by atoms with Crippen LogP contribution in [0.3, 0.4) is 0 Å². The van der Waals surface area contributed by atoms with E-state index in [1.165, 1.54) is 13.0 Å². The van der Waals surface area contributed by atoms with E-state index in [1.54, 1.807) is 7.05 Å². The first-order valence-electron chi connectivity index (χ1n) is 9.66. The fraction of sp³-hybridized carbons (Fsp3) is 0.600. The van der Waals surface area contributed by atoms with E-state index in [0.717, 1.165) is 37.5 Å². The van der Waals surface area contributed by atoms with E-state index in [9.17, 15) is 4.79 Å². The van der Waals surface area contributed by atoms with Gasteiger partial charge in [-0.25, -0.2) is 0 Å². The highest BCUT2D eigenvalue weighted by Gasteiger charge is 2.19. The molecule has 0 atom stereocenters. The summed E-state index contributed by atoms with van der Waals surface area (Å²) < 4.78 is 0. The van der Waals surface area contributed by atoms with E-state index in [1.807, 2.05) is 31.2 Å². The number of aryl methyl sites for hydroxylation is 1. The van der Waals surface area contributed by atoms with Crippen molar-refractivity contribution in [3.63, 3.8) is 0 Å². The SMILES string of the molecule is CCCN1CCC(NC(=NC)NCCNC(=O)c2cccc(C)c2)CC1.I. The zero-order chi connectivity index (χ0) is 18.8. The van der Waals surface area contributed by atoms with Crippen molar-refractivity contribution in [2.75, 3.05) is 39.8 Å². The second-order valence-electron chi connectivity index (χ2n) is 6.88. The molecule has 0 radical (unpaired) electrons. The minimum Gasteiger partial charge on any atom is -0.355 e. The normalized spacial score (nSPS) is 15.7. The molecule has 1 amide bonds. The zero-order valence-electron chi connectivity index (χ0n) is 16.8. The van der Waals surface area contributed by atoms with Crippen LogP contribution in [0, 0.1) is 6.92 Å². The van der Waals surface area contributed by atoms with Gasteiger partial charge in [0.25, 0.3) is 5.91 Å². The molecule has 3 N–H and O–H groups in total. The maximum absolute atomic E-state index is 12.1. The summed E-state index contributed by atoms with van der Waals surface area (Å²) in [6.45, 7) is 8.91. The summed E-state index contributed by atoms with van der Waals surface area (Å²) in [4.78, 5) is 18.9. The Bertz CT molecular complexity index is 600. The van der Waals surface area contributed by atoms with Gasteiger partial charge in [0.2, 0.25) is 0 Å². The molecule has 2 rings (SSSR count). The van der Waals surface area contributed by atoms with Crippen LogP contribution in [0.2, 0.25) is 0 Å². The molecule has 0 bridgehead atoms. The van der Waals surface area contributed by atoms with Crippen molar-refractivity contribution < 1.29 is 4.79 Å². The Labute approximate surface area is 180 Å². The van der Waals surface area contributed by atoms with E-state index < -0.39 is 0 Å². The molecule has 1 aliphatic heterocycles. The molecular formula is C20H34IN5O. The lowest BCUT2D eigenvalue weighted by molar-refractivity contribution is 0.0954. The molecule has 0 unspecified atom stereocenters. The average molecular weight is 487 g/mol. The molecule has 0 saturated carbocycles. The number of nitrogens with zero attached hydrogens (tertiary/aromatic N) is 2. The minimum atomic E-state index is -0.0401. The summed E-state index contributed by atoms with van der Waals surface area (Å²) in [7, 11) is 1.78. The van der Waals surface area contributed by atoms with Crippen LogP contribution in [0.5, 0.6) is 0 Å². The quantitative estimate of drug-likeness (QED) is 0.239. The fourth-order valence-corrected chi connectivity index (χ4v) is 3.25. The number of aliphatic imine (C=N–C) groups is 1. The third-order valence-corrected chi connectivity index (χ3v) is 4.68. The molecule has 27 heavy (non-hydrogen) atoms. The van der Waals surface area contributed by atoms with Gasteiger partial charge in [-0.1, -0.05) is 24.6 Å². The van der Waals surface area contributed by atoms with Gasteiger partial charge in [0.15, 0.2) is 5.96 Å². The summed E-state index contributed by atoms with van der Waals surface area (Å²) in [6.07, 6.45) is 3.51. The maximum atomic E-state index is 12.1. The van der Waals surface area contributed by atoms with Crippen LogP contribution >= 0.6 is 24.0 Å². The van der Waals surface area contributed by atoms with Crippen molar-refractivity contribution in [2.24, 2.45) is 4.99 Å². The first kappa shape index (κ1) is 23.7. The van der Waals surface area contributed by atoms with Crippen LogP contribution in [0.25, 0.3) is 0 Å². The molecule has 6 nitrogen and oxygen atoms in total. The number of nitrogens with one attached hydrogen (secondary N) is 3. The topological polar surface area (TPSA) is 68.8 Å². The van der Waals surface area contributed by atoms with E-state index in [0.29, 0.717) is 24.7 Å². The smallest absolute Gasteiger partial charge is 0.251 e. The van der Waals surface area contributed by atoms with Crippen molar-refractivity contribution >= 4 is 35.8 Å². The number of amides is 1. The summed E-state index contributed by atoms with van der Waals surface area (Å²) in [5.74, 6) is 0.769. The molecule has 152 valence electrons. The van der Waals surface area contributed by atoms with Gasteiger partial charge in [-0.15, -0.1) is 24.0 Å². The Balaban J connectivity index is 0.00000364. The number of rotatable bonds is 7. The Hall–Kier alpha value is -1.35. The second-order valence-corrected chi connectivity index (χ2v) is 6.88. The Morgan fingerprint density at radius 3 is 2.56 bits per heavy atom. The molecular weight excluding hydrogens is 453 g/mol. The number of carbonyl (C=O) groups is 1. The molecule has 1 aromatic rings. The van der Waals surface area contributed by atoms with E-state index in [2.05, 4.69) is 32.8 Å². The molecule has 7 heteroatoms. The third kappa shape index (κ3) is 8.47. The predicted octanol–water partition coefficient (Wildman–Crippen LogP) is 2.38. The summed E-state index contributed by atoms with van der Waals surface area (Å²) in [5.41, 5.74) is 1.79. The summed E-state index contributed by atoms with van der Waals surface area (Å²) in [6, 6.07) is 8.09. The molecule has 1 aromatic carbocycles.